The van der Waals surface area contributed by atoms with E-state index >= 15 is 0 Å². The maximum atomic E-state index is 12.6. The Bertz CT molecular complexity index is 896. The molecule has 1 saturated heterocycles. The minimum Gasteiger partial charge on any atom is -0.383 e. The highest BCUT2D eigenvalue weighted by Crippen LogP contribution is 2.19. The summed E-state index contributed by atoms with van der Waals surface area (Å²) in [6, 6.07) is 1.79. The molecule has 0 saturated carbocycles. The van der Waals surface area contributed by atoms with Crippen LogP contribution in [0.3, 0.4) is 0 Å². The van der Waals surface area contributed by atoms with E-state index in [1.54, 1.807) is 49.5 Å². The Labute approximate surface area is 211 Å². The van der Waals surface area contributed by atoms with Crippen molar-refractivity contribution in [3.05, 3.63) is 36.4 Å². The van der Waals surface area contributed by atoms with Gasteiger partial charge in [-0.1, -0.05) is 0 Å². The van der Waals surface area contributed by atoms with E-state index in [-0.39, 0.29) is 36.4 Å². The van der Waals surface area contributed by atoms with Gasteiger partial charge in [0, 0.05) is 76.9 Å². The summed E-state index contributed by atoms with van der Waals surface area (Å²) >= 11 is 0. The number of aryl methyl sites for hydroxylation is 1. The predicted octanol–water partition coefficient (Wildman–Crippen LogP) is 0.330. The van der Waals surface area contributed by atoms with Crippen LogP contribution in [0.5, 0.6) is 0 Å². The summed E-state index contributed by atoms with van der Waals surface area (Å²) in [6.45, 7) is 7.73. The minimum absolute atomic E-state index is 0. The summed E-state index contributed by atoms with van der Waals surface area (Å²) in [5.41, 5.74) is -0.427. The molecule has 2 aromatic rings. The maximum Gasteiger partial charge on any atom is 0.225 e. The molecular formula is C21H34IN9O2. The van der Waals surface area contributed by atoms with Gasteiger partial charge >= 0.3 is 0 Å². The first-order valence-corrected chi connectivity index (χ1v) is 10.9. The zero-order valence-electron chi connectivity index (χ0n) is 19.4. The van der Waals surface area contributed by atoms with Gasteiger partial charge in [-0.25, -0.2) is 15.0 Å². The Morgan fingerprint density at radius 1 is 1.21 bits per heavy atom. The van der Waals surface area contributed by atoms with Crippen LogP contribution in [0, 0.1) is 0 Å². The second-order valence-electron chi connectivity index (χ2n) is 7.97. The molecule has 0 spiro atoms. The number of nitrogens with zero attached hydrogens (tertiary/aromatic N) is 7. The van der Waals surface area contributed by atoms with Crippen LogP contribution >= 0.6 is 24.0 Å². The van der Waals surface area contributed by atoms with Crippen molar-refractivity contribution in [3.63, 3.8) is 0 Å². The van der Waals surface area contributed by atoms with E-state index in [1.807, 2.05) is 11.8 Å². The third-order valence-corrected chi connectivity index (χ3v) is 5.31. The molecular weight excluding hydrogens is 537 g/mol. The monoisotopic (exact) mass is 571 g/mol. The van der Waals surface area contributed by atoms with Crippen molar-refractivity contribution in [3.8, 4) is 0 Å². The molecule has 3 N–H and O–H groups in total. The van der Waals surface area contributed by atoms with Gasteiger partial charge in [0.2, 0.25) is 11.9 Å². The number of carbonyl (C=O) groups is 1. The van der Waals surface area contributed by atoms with Crippen LogP contribution in [0.2, 0.25) is 0 Å². The Morgan fingerprint density at radius 3 is 2.52 bits per heavy atom. The van der Waals surface area contributed by atoms with Gasteiger partial charge in [0.05, 0.1) is 12.7 Å². The van der Waals surface area contributed by atoms with Crippen LogP contribution in [0.1, 0.15) is 25.8 Å². The molecule has 1 atom stereocenters. The molecule has 12 heteroatoms. The lowest BCUT2D eigenvalue weighted by atomic mass is 10.0. The van der Waals surface area contributed by atoms with Crippen LogP contribution in [0.4, 0.5) is 5.95 Å². The van der Waals surface area contributed by atoms with Crippen molar-refractivity contribution in [1.29, 1.82) is 0 Å². The zero-order valence-corrected chi connectivity index (χ0v) is 21.8. The van der Waals surface area contributed by atoms with E-state index in [0.717, 1.165) is 13.1 Å². The van der Waals surface area contributed by atoms with Gasteiger partial charge in [-0.05, 0) is 19.9 Å². The molecule has 1 aliphatic rings. The van der Waals surface area contributed by atoms with Crippen LogP contribution in [0.15, 0.2) is 35.8 Å². The molecule has 0 bridgehead atoms. The first kappa shape index (κ1) is 26.8. The van der Waals surface area contributed by atoms with Gasteiger partial charge < -0.3 is 25.5 Å². The number of amides is 1. The topological polar surface area (TPSA) is 124 Å². The summed E-state index contributed by atoms with van der Waals surface area (Å²) < 4.78 is 1.65. The number of nitrogens with one attached hydrogen (secondary N) is 2. The fourth-order valence-corrected chi connectivity index (χ4v) is 3.42. The smallest absolute Gasteiger partial charge is 0.225 e. The lowest BCUT2D eigenvalue weighted by Crippen LogP contribution is -2.50. The number of rotatable bonds is 8. The van der Waals surface area contributed by atoms with Gasteiger partial charge in [-0.3, -0.25) is 9.48 Å². The molecule has 0 aromatic carbocycles. The molecule has 1 amide bonds. The van der Waals surface area contributed by atoms with Gasteiger partial charge in [0.1, 0.15) is 5.60 Å². The highest BCUT2D eigenvalue weighted by molar-refractivity contribution is 14.0. The number of hydrogen-bond donors (Lipinski definition) is 3. The highest BCUT2D eigenvalue weighted by atomic mass is 127. The number of halogens is 1. The molecule has 33 heavy (non-hydrogen) atoms. The van der Waals surface area contributed by atoms with E-state index in [4.69, 9.17) is 0 Å². The van der Waals surface area contributed by atoms with Crippen molar-refractivity contribution in [1.82, 2.24) is 35.3 Å². The third-order valence-electron chi connectivity index (χ3n) is 5.31. The lowest BCUT2D eigenvalue weighted by Gasteiger charge is -2.34. The maximum absolute atomic E-state index is 12.6. The second-order valence-corrected chi connectivity index (χ2v) is 7.97. The minimum atomic E-state index is -1.13. The number of carbonyl (C=O) groups excluding carboxylic acids is 1. The Balaban J connectivity index is 0.00000385. The average Bonchev–Trinajstić information content (AvgIpc) is 3.25. The number of piperazine rings is 1. The van der Waals surface area contributed by atoms with Crippen molar-refractivity contribution < 1.29 is 9.90 Å². The fourth-order valence-electron chi connectivity index (χ4n) is 3.42. The zero-order chi connectivity index (χ0) is 23.0. The lowest BCUT2D eigenvalue weighted by molar-refractivity contribution is -0.131. The van der Waals surface area contributed by atoms with Crippen molar-refractivity contribution in [2.24, 2.45) is 12.0 Å². The second kappa shape index (κ2) is 12.7. The molecule has 2 aromatic heterocycles. The molecule has 11 nitrogen and oxygen atoms in total. The molecule has 3 heterocycles. The molecule has 0 radical (unpaired) electrons. The van der Waals surface area contributed by atoms with E-state index in [9.17, 15) is 9.90 Å². The number of guanidine groups is 1. The quantitative estimate of drug-likeness (QED) is 0.236. The Hall–Kier alpha value is -2.48. The molecule has 1 unspecified atom stereocenters. The summed E-state index contributed by atoms with van der Waals surface area (Å²) in [4.78, 5) is 29.6. The number of hydrogen-bond acceptors (Lipinski definition) is 7. The van der Waals surface area contributed by atoms with Crippen LogP contribution < -0.4 is 15.5 Å². The van der Waals surface area contributed by atoms with E-state index in [1.165, 1.54) is 0 Å². The number of aromatic nitrogens is 4. The Kier molecular flexibility index (Phi) is 10.3. The summed E-state index contributed by atoms with van der Waals surface area (Å²) in [7, 11) is 1.81. The van der Waals surface area contributed by atoms with Crippen molar-refractivity contribution in [2.75, 3.05) is 50.7 Å². The first-order chi connectivity index (χ1) is 15.4. The third kappa shape index (κ3) is 7.81. The van der Waals surface area contributed by atoms with Crippen molar-refractivity contribution in [2.45, 2.75) is 25.9 Å². The predicted molar refractivity (Wildman–Crippen MR) is 138 cm³/mol. The van der Waals surface area contributed by atoms with Gasteiger partial charge in [0.25, 0.3) is 0 Å². The number of anilines is 1. The molecule has 1 fully saturated rings. The molecule has 0 aliphatic carbocycles. The average molecular weight is 571 g/mol. The summed E-state index contributed by atoms with van der Waals surface area (Å²) in [5, 5.41) is 21.2. The van der Waals surface area contributed by atoms with Crippen LogP contribution in [-0.2, 0) is 17.4 Å². The molecule has 3 rings (SSSR count). The standard InChI is InChI=1S/C21H33N9O2.HI/c1-4-22-19(26-16-21(2,32)17-14-27-28(3)15-17)23-9-6-18(31)29-10-12-30(13-11-29)20-24-7-5-8-25-20;/h5,7-8,14-15,32H,4,6,9-13,16H2,1-3H3,(H2,22,23,26);1H. The van der Waals surface area contributed by atoms with E-state index in [2.05, 4.69) is 35.6 Å². The van der Waals surface area contributed by atoms with Crippen LogP contribution in [0.25, 0.3) is 0 Å². The highest BCUT2D eigenvalue weighted by Gasteiger charge is 2.25. The van der Waals surface area contributed by atoms with Gasteiger partial charge in [-0.15, -0.1) is 24.0 Å². The largest absolute Gasteiger partial charge is 0.383 e. The van der Waals surface area contributed by atoms with Gasteiger partial charge in [-0.2, -0.15) is 5.10 Å². The summed E-state index contributed by atoms with van der Waals surface area (Å²) in [5.74, 6) is 1.37. The SMILES string of the molecule is CCNC(=NCC(C)(O)c1cnn(C)c1)NCCC(=O)N1CCN(c2ncccn2)CC1.I. The van der Waals surface area contributed by atoms with Crippen molar-refractivity contribution >= 4 is 41.8 Å². The fraction of sp³-hybridized carbons (Fsp3) is 0.571. The summed E-state index contributed by atoms with van der Waals surface area (Å²) in [6.07, 6.45) is 7.23. The first-order valence-electron chi connectivity index (χ1n) is 10.9. The normalized spacial score (nSPS) is 16.1. The molecule has 182 valence electrons. The van der Waals surface area contributed by atoms with E-state index < -0.39 is 5.60 Å². The van der Waals surface area contributed by atoms with E-state index in [0.29, 0.717) is 50.1 Å². The molecule has 1 aliphatic heterocycles. The van der Waals surface area contributed by atoms with Gasteiger partial charge in [0.15, 0.2) is 5.96 Å². The van der Waals surface area contributed by atoms with Crippen LogP contribution in [-0.4, -0.2) is 87.4 Å². The number of aliphatic imine (C=N–C) groups is 1. The number of aliphatic hydroxyl groups is 1. The Morgan fingerprint density at radius 2 is 1.91 bits per heavy atom.